The van der Waals surface area contributed by atoms with Crippen molar-refractivity contribution in [2.75, 3.05) is 30.4 Å². The normalized spacial score (nSPS) is 14.5. The average molecular weight is 455 g/mol. The molecule has 2 N–H and O–H groups in total. The van der Waals surface area contributed by atoms with Crippen LogP contribution in [0.3, 0.4) is 0 Å². The number of rotatable bonds is 5. The molecular formula is C22H26N6O3S. The first-order chi connectivity index (χ1) is 15.4. The number of anilines is 2. The molecule has 2 amide bonds. The summed E-state index contributed by atoms with van der Waals surface area (Å²) in [6.07, 6.45) is 2.85. The maximum atomic E-state index is 13.0. The number of nitrogens with zero attached hydrogens (tertiary/aromatic N) is 4. The van der Waals surface area contributed by atoms with Gasteiger partial charge in [-0.25, -0.2) is 4.98 Å². The highest BCUT2D eigenvalue weighted by Crippen LogP contribution is 2.29. The highest BCUT2D eigenvalue weighted by atomic mass is 32.1. The third-order valence-electron chi connectivity index (χ3n) is 5.95. The van der Waals surface area contributed by atoms with Crippen LogP contribution in [0.5, 0.6) is 0 Å². The first kappa shape index (κ1) is 21.9. The van der Waals surface area contributed by atoms with Crippen LogP contribution < -0.4 is 21.1 Å². The predicted molar refractivity (Wildman–Crippen MR) is 125 cm³/mol. The van der Waals surface area contributed by atoms with Gasteiger partial charge in [0.2, 0.25) is 11.8 Å². The van der Waals surface area contributed by atoms with Gasteiger partial charge >= 0.3 is 0 Å². The van der Waals surface area contributed by atoms with Gasteiger partial charge in [-0.15, -0.1) is 0 Å². The largest absolute Gasteiger partial charge is 0.359 e. The van der Waals surface area contributed by atoms with Crippen molar-refractivity contribution in [3.05, 3.63) is 46.0 Å². The third kappa shape index (κ3) is 4.36. The molecule has 1 aliphatic heterocycles. The van der Waals surface area contributed by atoms with E-state index < -0.39 is 0 Å². The Morgan fingerprint density at radius 1 is 1.22 bits per heavy atom. The number of piperidine rings is 1. The van der Waals surface area contributed by atoms with Crippen LogP contribution in [0.25, 0.3) is 10.3 Å². The van der Waals surface area contributed by atoms with Gasteiger partial charge in [-0.05, 0) is 43.9 Å². The molecule has 3 heterocycles. The van der Waals surface area contributed by atoms with E-state index >= 15 is 0 Å². The van der Waals surface area contributed by atoms with Crippen molar-refractivity contribution in [3.8, 4) is 0 Å². The molecule has 2 aromatic heterocycles. The number of hydrogen-bond acceptors (Lipinski definition) is 7. The number of hydrogen-bond donors (Lipinski definition) is 2. The summed E-state index contributed by atoms with van der Waals surface area (Å²) in [5.74, 6) is -0.211. The summed E-state index contributed by atoms with van der Waals surface area (Å²) in [6, 6.07) is 5.71. The van der Waals surface area contributed by atoms with Crippen LogP contribution >= 0.6 is 11.3 Å². The van der Waals surface area contributed by atoms with Crippen LogP contribution in [0.4, 0.5) is 10.8 Å². The fourth-order valence-corrected chi connectivity index (χ4v) is 4.87. The summed E-state index contributed by atoms with van der Waals surface area (Å²) < 4.78 is 1.73. The van der Waals surface area contributed by atoms with Crippen LogP contribution in [0.1, 0.15) is 24.0 Å². The first-order valence-electron chi connectivity index (χ1n) is 10.6. The SMILES string of the molecule is CNC(=O)C1CCN(c2nc3ncn(CC(=O)Nc4cccc(C)c4C)c(=O)c3s2)CC1. The molecule has 0 spiro atoms. The number of nitrogens with one attached hydrogen (secondary N) is 2. The topological polar surface area (TPSA) is 109 Å². The van der Waals surface area contributed by atoms with Crippen LogP contribution in [-0.4, -0.2) is 46.5 Å². The van der Waals surface area contributed by atoms with Crippen molar-refractivity contribution < 1.29 is 9.59 Å². The zero-order valence-electron chi connectivity index (χ0n) is 18.3. The van der Waals surface area contributed by atoms with Gasteiger partial charge in [-0.3, -0.25) is 19.0 Å². The summed E-state index contributed by atoms with van der Waals surface area (Å²) in [4.78, 5) is 48.2. The summed E-state index contributed by atoms with van der Waals surface area (Å²) in [5, 5.41) is 6.29. The lowest BCUT2D eigenvalue weighted by Crippen LogP contribution is -2.39. The average Bonchev–Trinajstić information content (AvgIpc) is 3.24. The van der Waals surface area contributed by atoms with Gasteiger partial charge in [0.15, 0.2) is 10.8 Å². The number of benzene rings is 1. The van der Waals surface area contributed by atoms with Crippen LogP contribution in [0, 0.1) is 19.8 Å². The van der Waals surface area contributed by atoms with E-state index in [1.54, 1.807) is 7.05 Å². The maximum Gasteiger partial charge on any atom is 0.273 e. The summed E-state index contributed by atoms with van der Waals surface area (Å²) >= 11 is 1.28. The summed E-state index contributed by atoms with van der Waals surface area (Å²) in [6.45, 7) is 5.20. The minimum Gasteiger partial charge on any atom is -0.359 e. The molecule has 168 valence electrons. The lowest BCUT2D eigenvalue weighted by atomic mass is 9.96. The zero-order valence-corrected chi connectivity index (χ0v) is 19.2. The van der Waals surface area contributed by atoms with Crippen molar-refractivity contribution in [1.29, 1.82) is 0 Å². The molecule has 1 aliphatic rings. The number of carbonyl (C=O) groups is 2. The van der Waals surface area contributed by atoms with E-state index in [1.807, 2.05) is 32.0 Å². The molecule has 0 aliphatic carbocycles. The molecule has 0 atom stereocenters. The molecule has 1 fully saturated rings. The fourth-order valence-electron chi connectivity index (χ4n) is 3.85. The summed E-state index contributed by atoms with van der Waals surface area (Å²) in [5.41, 5.74) is 2.91. The van der Waals surface area contributed by atoms with Crippen molar-refractivity contribution >= 4 is 44.3 Å². The molecule has 9 nitrogen and oxygen atoms in total. The quantitative estimate of drug-likeness (QED) is 0.611. The molecule has 0 radical (unpaired) electrons. The van der Waals surface area contributed by atoms with Crippen molar-refractivity contribution in [2.24, 2.45) is 5.92 Å². The molecule has 1 saturated heterocycles. The van der Waals surface area contributed by atoms with E-state index in [-0.39, 0.29) is 29.8 Å². The maximum absolute atomic E-state index is 13.0. The van der Waals surface area contributed by atoms with Gasteiger partial charge < -0.3 is 15.5 Å². The Morgan fingerprint density at radius 2 is 1.97 bits per heavy atom. The predicted octanol–water partition coefficient (Wildman–Crippen LogP) is 2.07. The van der Waals surface area contributed by atoms with Crippen LogP contribution in [0.15, 0.2) is 29.3 Å². The van der Waals surface area contributed by atoms with E-state index in [1.165, 1.54) is 22.2 Å². The standard InChI is InChI=1S/C22H26N6O3S/c1-13-5-4-6-16(14(13)2)25-17(29)11-28-12-24-19-18(21(28)31)32-22(26-19)27-9-7-15(8-10-27)20(30)23-3/h4-6,12,15H,7-11H2,1-3H3,(H,23,30)(H,25,29). The Bertz CT molecular complexity index is 1230. The Balaban J connectivity index is 1.48. The number of fused-ring (bicyclic) bond motifs is 1. The van der Waals surface area contributed by atoms with Gasteiger partial charge in [0.1, 0.15) is 17.6 Å². The molecule has 32 heavy (non-hydrogen) atoms. The zero-order chi connectivity index (χ0) is 22.8. The Hall–Kier alpha value is -3.27. The number of aromatic nitrogens is 3. The molecule has 4 rings (SSSR count). The molecule has 0 unspecified atom stereocenters. The van der Waals surface area contributed by atoms with Crippen LogP contribution in [0.2, 0.25) is 0 Å². The monoisotopic (exact) mass is 454 g/mol. The molecule has 3 aromatic rings. The number of carbonyl (C=O) groups excluding carboxylic acids is 2. The smallest absolute Gasteiger partial charge is 0.273 e. The third-order valence-corrected chi connectivity index (χ3v) is 7.04. The van der Waals surface area contributed by atoms with E-state index in [4.69, 9.17) is 0 Å². The van der Waals surface area contributed by atoms with E-state index in [0.29, 0.717) is 23.4 Å². The van der Waals surface area contributed by atoms with Gasteiger partial charge in [-0.2, -0.15) is 4.98 Å². The highest BCUT2D eigenvalue weighted by molar-refractivity contribution is 7.22. The van der Waals surface area contributed by atoms with E-state index in [0.717, 1.165) is 34.8 Å². The number of amides is 2. The van der Waals surface area contributed by atoms with E-state index in [9.17, 15) is 14.4 Å². The van der Waals surface area contributed by atoms with E-state index in [2.05, 4.69) is 25.5 Å². The number of aryl methyl sites for hydroxylation is 1. The Morgan fingerprint density at radius 3 is 2.69 bits per heavy atom. The Labute approximate surface area is 189 Å². The van der Waals surface area contributed by atoms with Crippen LogP contribution in [-0.2, 0) is 16.1 Å². The van der Waals surface area contributed by atoms with Gasteiger partial charge in [0.05, 0.1) is 0 Å². The fraction of sp³-hybridized carbons (Fsp3) is 0.409. The first-order valence-corrected chi connectivity index (χ1v) is 11.4. The van der Waals surface area contributed by atoms with Crippen molar-refractivity contribution in [3.63, 3.8) is 0 Å². The summed E-state index contributed by atoms with van der Waals surface area (Å²) in [7, 11) is 1.65. The second-order valence-electron chi connectivity index (χ2n) is 8.00. The Kier molecular flexibility index (Phi) is 6.22. The minimum absolute atomic E-state index is 0.0107. The molecule has 1 aromatic carbocycles. The van der Waals surface area contributed by atoms with Gasteiger partial charge in [0.25, 0.3) is 5.56 Å². The lowest BCUT2D eigenvalue weighted by molar-refractivity contribution is -0.125. The molecular weight excluding hydrogens is 428 g/mol. The lowest BCUT2D eigenvalue weighted by Gasteiger charge is -2.30. The second-order valence-corrected chi connectivity index (χ2v) is 8.98. The second kappa shape index (κ2) is 9.07. The van der Waals surface area contributed by atoms with Crippen molar-refractivity contribution in [2.45, 2.75) is 33.2 Å². The van der Waals surface area contributed by atoms with Gasteiger partial charge in [0, 0.05) is 31.7 Å². The minimum atomic E-state index is -0.289. The molecule has 0 saturated carbocycles. The number of thiazole rings is 1. The van der Waals surface area contributed by atoms with Gasteiger partial charge in [-0.1, -0.05) is 23.5 Å². The molecule has 0 bridgehead atoms. The van der Waals surface area contributed by atoms with Crippen molar-refractivity contribution in [1.82, 2.24) is 19.9 Å². The highest BCUT2D eigenvalue weighted by Gasteiger charge is 2.26. The molecule has 10 heteroatoms.